The highest BCUT2D eigenvalue weighted by molar-refractivity contribution is 7.91. The second-order valence-corrected chi connectivity index (χ2v) is 14.2. The van der Waals surface area contributed by atoms with Gasteiger partial charge >= 0.3 is 0 Å². The Balaban J connectivity index is 1.60. The van der Waals surface area contributed by atoms with Gasteiger partial charge in [0.2, 0.25) is 21.1 Å². The summed E-state index contributed by atoms with van der Waals surface area (Å²) in [6, 6.07) is 15.8. The van der Waals surface area contributed by atoms with Gasteiger partial charge in [-0.2, -0.15) is 36.9 Å². The van der Waals surface area contributed by atoms with Crippen molar-refractivity contribution in [1.82, 2.24) is 15.0 Å². The zero-order valence-electron chi connectivity index (χ0n) is 21.7. The number of hydrogen-bond acceptors (Lipinski definition) is 12. The van der Waals surface area contributed by atoms with Crippen molar-refractivity contribution in [3.05, 3.63) is 72.0 Å². The molecule has 4 aromatic carbocycles. The summed E-state index contributed by atoms with van der Waals surface area (Å²) in [6.07, 6.45) is 0. The van der Waals surface area contributed by atoms with Gasteiger partial charge in [0.1, 0.15) is 9.79 Å². The van der Waals surface area contributed by atoms with Crippen molar-refractivity contribution in [2.24, 2.45) is 10.2 Å². The minimum Gasteiger partial charge on any atom is -0.323 e. The highest BCUT2D eigenvalue weighted by atomic mass is 35.5. The Morgan fingerprint density at radius 1 is 0.744 bits per heavy atom. The number of fused-ring (bicyclic) bond motifs is 2. The Labute approximate surface area is 249 Å². The number of rotatable bonds is 8. The number of azo groups is 1. The van der Waals surface area contributed by atoms with Crippen molar-refractivity contribution in [3.8, 4) is 0 Å². The zero-order valence-corrected chi connectivity index (χ0v) is 24.9. The molecule has 0 atom stereocenters. The van der Waals surface area contributed by atoms with Crippen LogP contribution in [0.1, 0.15) is 6.92 Å². The lowest BCUT2D eigenvalue weighted by Gasteiger charge is -2.11. The lowest BCUT2D eigenvalue weighted by Crippen LogP contribution is -2.11. The molecule has 3 N–H and O–H groups in total. The zero-order chi connectivity index (χ0) is 31.2. The molecule has 0 aliphatic carbocycles. The lowest BCUT2D eigenvalue weighted by atomic mass is 10.1. The van der Waals surface area contributed by atoms with E-state index in [0.29, 0.717) is 22.1 Å². The molecule has 1 aromatic heterocycles. The number of benzene rings is 4. The van der Waals surface area contributed by atoms with E-state index in [-0.39, 0.29) is 33.4 Å². The molecule has 18 heteroatoms. The van der Waals surface area contributed by atoms with E-state index in [2.05, 4.69) is 30.5 Å². The molecule has 5 aromatic rings. The Hall–Kier alpha value is -4.13. The van der Waals surface area contributed by atoms with Crippen LogP contribution in [0.25, 0.3) is 21.5 Å². The standard InChI is InChI=1S/C25H19ClN6O8S3/c1-2-41(33,34)25-29-23(26)28-24(30-25)27-19-10-11-20(16-7-4-3-6-15(16)19)32-31-14-12-18-17(22(13-14)43(38,39)40)8-5-9-21(18)42(35,36)37/h3-13H,2H2,1H3,(H,35,36,37)(H,38,39,40)(H,27,28,29,30). The van der Waals surface area contributed by atoms with Gasteiger partial charge in [-0.25, -0.2) is 8.42 Å². The van der Waals surface area contributed by atoms with E-state index < -0.39 is 45.0 Å². The fourth-order valence-electron chi connectivity index (χ4n) is 4.17. The summed E-state index contributed by atoms with van der Waals surface area (Å²) in [4.78, 5) is 10.4. The molecule has 0 saturated carbocycles. The van der Waals surface area contributed by atoms with E-state index in [9.17, 15) is 34.4 Å². The maximum atomic E-state index is 12.3. The van der Waals surface area contributed by atoms with Crippen LogP contribution in [-0.4, -0.2) is 55.1 Å². The molecule has 1 heterocycles. The van der Waals surface area contributed by atoms with Gasteiger partial charge < -0.3 is 5.32 Å². The minimum atomic E-state index is -4.83. The highest BCUT2D eigenvalue weighted by Gasteiger charge is 2.22. The van der Waals surface area contributed by atoms with Crippen molar-refractivity contribution in [2.45, 2.75) is 21.9 Å². The average molecular weight is 663 g/mol. The van der Waals surface area contributed by atoms with Crippen LogP contribution in [0.4, 0.5) is 23.0 Å². The minimum absolute atomic E-state index is 0.116. The SMILES string of the molecule is CCS(=O)(=O)c1nc(Cl)nc(Nc2ccc(N=Nc3cc(S(=O)(=O)O)c4cccc(S(=O)(=O)O)c4c3)c3ccccc23)n1. The first kappa shape index (κ1) is 30.3. The van der Waals surface area contributed by atoms with Crippen LogP contribution in [0.15, 0.2) is 91.9 Å². The van der Waals surface area contributed by atoms with Crippen LogP contribution in [0.2, 0.25) is 5.28 Å². The monoisotopic (exact) mass is 662 g/mol. The lowest BCUT2D eigenvalue weighted by molar-refractivity contribution is 0.481. The molecule has 0 fully saturated rings. The third-order valence-electron chi connectivity index (χ3n) is 6.13. The van der Waals surface area contributed by atoms with Crippen molar-refractivity contribution in [3.63, 3.8) is 0 Å². The highest BCUT2D eigenvalue weighted by Crippen LogP contribution is 2.36. The molecule has 0 unspecified atom stereocenters. The smallest absolute Gasteiger partial charge is 0.295 e. The molecule has 0 spiro atoms. The molecule has 14 nitrogen and oxygen atoms in total. The summed E-state index contributed by atoms with van der Waals surface area (Å²) >= 11 is 5.94. The number of anilines is 2. The van der Waals surface area contributed by atoms with Crippen LogP contribution in [0.3, 0.4) is 0 Å². The molecule has 0 saturated heterocycles. The number of halogens is 1. The normalized spacial score (nSPS) is 12.7. The molecule has 0 bridgehead atoms. The molecule has 0 aliphatic heterocycles. The molecule has 5 rings (SSSR count). The average Bonchev–Trinajstić information content (AvgIpc) is 2.94. The number of sulfone groups is 1. The van der Waals surface area contributed by atoms with Crippen LogP contribution < -0.4 is 5.32 Å². The largest absolute Gasteiger partial charge is 0.323 e. The first-order valence-electron chi connectivity index (χ1n) is 12.0. The first-order chi connectivity index (χ1) is 20.2. The van der Waals surface area contributed by atoms with Gasteiger partial charge in [0, 0.05) is 27.2 Å². The molecule has 222 valence electrons. The molecular formula is C25H19ClN6O8S3. The summed E-state index contributed by atoms with van der Waals surface area (Å²) in [6.45, 7) is 1.44. The quantitative estimate of drug-likeness (QED) is 0.143. The van der Waals surface area contributed by atoms with E-state index in [1.807, 2.05) is 0 Å². The van der Waals surface area contributed by atoms with Gasteiger partial charge in [0.25, 0.3) is 25.4 Å². The predicted octanol–water partition coefficient (Wildman–Crippen LogP) is 5.28. The number of nitrogens with zero attached hydrogens (tertiary/aromatic N) is 5. The maximum absolute atomic E-state index is 12.3. The first-order valence-corrected chi connectivity index (χ1v) is 16.9. The van der Waals surface area contributed by atoms with Crippen LogP contribution >= 0.6 is 11.6 Å². The molecule has 0 aliphatic rings. The van der Waals surface area contributed by atoms with Crippen molar-refractivity contribution in [2.75, 3.05) is 11.1 Å². The van der Waals surface area contributed by atoms with Gasteiger partial charge in [-0.3, -0.25) is 9.11 Å². The van der Waals surface area contributed by atoms with E-state index in [0.717, 1.165) is 12.1 Å². The van der Waals surface area contributed by atoms with Crippen LogP contribution in [0, 0.1) is 0 Å². The third kappa shape index (κ3) is 6.31. The fraction of sp³-hybridized carbons (Fsp3) is 0.0800. The Morgan fingerprint density at radius 3 is 2.09 bits per heavy atom. The second kappa shape index (κ2) is 11.2. The van der Waals surface area contributed by atoms with Crippen LogP contribution in [0.5, 0.6) is 0 Å². The molecular weight excluding hydrogens is 644 g/mol. The molecule has 0 amide bonds. The van der Waals surface area contributed by atoms with Gasteiger partial charge in [0.05, 0.1) is 17.1 Å². The maximum Gasteiger partial charge on any atom is 0.295 e. The number of aromatic nitrogens is 3. The van der Waals surface area contributed by atoms with Gasteiger partial charge in [-0.1, -0.05) is 43.3 Å². The molecule has 0 radical (unpaired) electrons. The number of hydrogen-bond donors (Lipinski definition) is 3. The summed E-state index contributed by atoms with van der Waals surface area (Å²) in [5, 5.41) is 11.2. The van der Waals surface area contributed by atoms with E-state index in [4.69, 9.17) is 11.6 Å². The third-order valence-corrected chi connectivity index (χ3v) is 9.60. The van der Waals surface area contributed by atoms with Crippen molar-refractivity contribution >= 4 is 86.2 Å². The summed E-state index contributed by atoms with van der Waals surface area (Å²) < 4.78 is 92.1. The van der Waals surface area contributed by atoms with E-state index >= 15 is 0 Å². The fourth-order valence-corrected chi connectivity index (χ4v) is 6.52. The van der Waals surface area contributed by atoms with Crippen molar-refractivity contribution in [1.29, 1.82) is 0 Å². The van der Waals surface area contributed by atoms with Gasteiger partial charge in [-0.15, -0.1) is 5.11 Å². The second-order valence-electron chi connectivity index (χ2n) is 8.86. The Morgan fingerprint density at radius 2 is 1.42 bits per heavy atom. The predicted molar refractivity (Wildman–Crippen MR) is 158 cm³/mol. The van der Waals surface area contributed by atoms with Crippen LogP contribution in [-0.2, 0) is 30.1 Å². The Kier molecular flexibility index (Phi) is 7.88. The summed E-state index contributed by atoms with van der Waals surface area (Å²) in [5.41, 5.74) is 0.626. The number of nitrogens with one attached hydrogen (secondary N) is 1. The summed E-state index contributed by atoms with van der Waals surface area (Å²) in [7, 11) is -13.4. The Bertz CT molecular complexity index is 2300. The topological polar surface area (TPSA) is 218 Å². The van der Waals surface area contributed by atoms with E-state index in [1.54, 1.807) is 36.4 Å². The van der Waals surface area contributed by atoms with Gasteiger partial charge in [0.15, 0.2) is 0 Å². The van der Waals surface area contributed by atoms with Gasteiger partial charge in [-0.05, 0) is 41.9 Å². The summed E-state index contributed by atoms with van der Waals surface area (Å²) in [5.74, 6) is -0.356. The van der Waals surface area contributed by atoms with E-state index in [1.165, 1.54) is 25.1 Å². The van der Waals surface area contributed by atoms with Crippen molar-refractivity contribution < 1.29 is 34.4 Å². The molecule has 43 heavy (non-hydrogen) atoms.